The summed E-state index contributed by atoms with van der Waals surface area (Å²) in [5.74, 6) is -1.24. The van der Waals surface area contributed by atoms with Crippen molar-refractivity contribution >= 4 is 11.6 Å². The van der Waals surface area contributed by atoms with Crippen molar-refractivity contribution in [1.82, 2.24) is 4.90 Å². The predicted molar refractivity (Wildman–Crippen MR) is 72.5 cm³/mol. The first kappa shape index (κ1) is 12.5. The van der Waals surface area contributed by atoms with E-state index < -0.39 is 5.82 Å². The molecule has 0 aromatic heterocycles. The zero-order chi connectivity index (χ0) is 14.3. The third-order valence-corrected chi connectivity index (χ3v) is 3.43. The molecule has 5 heteroatoms. The maximum atomic E-state index is 12.9. The van der Waals surface area contributed by atoms with Crippen LogP contribution in [0, 0.1) is 5.82 Å². The standard InChI is InChI=1S/C15H13FN2O2/c16-11-2-4-13(14(19)6-11)15(20)18-7-9-1-3-12(17)5-10(9)8-18/h1-6,19H,7-8,17H2. The van der Waals surface area contributed by atoms with Crippen molar-refractivity contribution in [3.8, 4) is 5.75 Å². The van der Waals surface area contributed by atoms with Crippen molar-refractivity contribution in [3.05, 3.63) is 58.9 Å². The lowest BCUT2D eigenvalue weighted by Crippen LogP contribution is -2.25. The number of aromatic hydroxyl groups is 1. The van der Waals surface area contributed by atoms with Gasteiger partial charge in [-0.1, -0.05) is 6.07 Å². The van der Waals surface area contributed by atoms with Gasteiger partial charge < -0.3 is 15.7 Å². The fraction of sp³-hybridized carbons (Fsp3) is 0.133. The van der Waals surface area contributed by atoms with Gasteiger partial charge in [-0.25, -0.2) is 4.39 Å². The van der Waals surface area contributed by atoms with Gasteiger partial charge in [0.1, 0.15) is 11.6 Å². The number of amides is 1. The van der Waals surface area contributed by atoms with E-state index in [4.69, 9.17) is 5.73 Å². The van der Waals surface area contributed by atoms with E-state index >= 15 is 0 Å². The number of halogens is 1. The van der Waals surface area contributed by atoms with Gasteiger partial charge >= 0.3 is 0 Å². The van der Waals surface area contributed by atoms with Crippen LogP contribution in [0.2, 0.25) is 0 Å². The minimum atomic E-state index is -0.573. The summed E-state index contributed by atoms with van der Waals surface area (Å²) in [6.45, 7) is 0.904. The summed E-state index contributed by atoms with van der Waals surface area (Å²) in [4.78, 5) is 13.9. The molecule has 0 unspecified atom stereocenters. The van der Waals surface area contributed by atoms with Crippen molar-refractivity contribution in [2.75, 3.05) is 5.73 Å². The van der Waals surface area contributed by atoms with Gasteiger partial charge in [0.05, 0.1) is 5.56 Å². The zero-order valence-electron chi connectivity index (χ0n) is 10.6. The molecular weight excluding hydrogens is 259 g/mol. The first-order valence-corrected chi connectivity index (χ1v) is 6.19. The number of phenols is 1. The lowest BCUT2D eigenvalue weighted by atomic mass is 10.1. The molecule has 2 aromatic rings. The number of anilines is 1. The van der Waals surface area contributed by atoms with Crippen LogP contribution in [0.25, 0.3) is 0 Å². The maximum absolute atomic E-state index is 12.9. The van der Waals surface area contributed by atoms with Gasteiger partial charge in [0.15, 0.2) is 0 Å². The van der Waals surface area contributed by atoms with Crippen molar-refractivity contribution < 1.29 is 14.3 Å². The molecule has 1 amide bonds. The summed E-state index contributed by atoms with van der Waals surface area (Å²) < 4.78 is 12.9. The molecule has 0 spiro atoms. The molecule has 0 atom stereocenters. The number of hydrogen-bond acceptors (Lipinski definition) is 3. The molecule has 1 heterocycles. The monoisotopic (exact) mass is 272 g/mol. The summed E-state index contributed by atoms with van der Waals surface area (Å²) in [5.41, 5.74) is 8.51. The Bertz CT molecular complexity index is 700. The Kier molecular flexibility index (Phi) is 2.82. The predicted octanol–water partition coefficient (Wildman–Crippen LogP) is 2.27. The van der Waals surface area contributed by atoms with Crippen molar-refractivity contribution in [3.63, 3.8) is 0 Å². The van der Waals surface area contributed by atoms with Crippen LogP contribution >= 0.6 is 0 Å². The molecular formula is C15H13FN2O2. The van der Waals surface area contributed by atoms with Crippen molar-refractivity contribution in [2.24, 2.45) is 0 Å². The van der Waals surface area contributed by atoms with Crippen molar-refractivity contribution in [1.29, 1.82) is 0 Å². The number of benzene rings is 2. The smallest absolute Gasteiger partial charge is 0.258 e. The van der Waals surface area contributed by atoms with Gasteiger partial charge in [0.25, 0.3) is 5.91 Å². The number of hydrogen-bond donors (Lipinski definition) is 2. The zero-order valence-corrected chi connectivity index (χ0v) is 10.6. The summed E-state index contributed by atoms with van der Waals surface area (Å²) >= 11 is 0. The number of carbonyl (C=O) groups is 1. The van der Waals surface area contributed by atoms with E-state index in [1.165, 1.54) is 6.07 Å². The molecule has 1 aliphatic rings. The summed E-state index contributed by atoms with van der Waals surface area (Å²) in [6, 6.07) is 8.92. The molecule has 4 nitrogen and oxygen atoms in total. The SMILES string of the molecule is Nc1ccc2c(c1)CN(C(=O)c1ccc(F)cc1O)C2. The Morgan fingerprint density at radius 2 is 1.90 bits per heavy atom. The summed E-state index contributed by atoms with van der Waals surface area (Å²) in [6.07, 6.45) is 0. The minimum Gasteiger partial charge on any atom is -0.507 e. The topological polar surface area (TPSA) is 66.6 Å². The summed E-state index contributed by atoms with van der Waals surface area (Å²) in [7, 11) is 0. The highest BCUT2D eigenvalue weighted by Crippen LogP contribution is 2.28. The molecule has 0 fully saturated rings. The highest BCUT2D eigenvalue weighted by molar-refractivity contribution is 5.97. The Morgan fingerprint density at radius 3 is 2.65 bits per heavy atom. The van der Waals surface area contributed by atoms with Gasteiger partial charge in [-0.05, 0) is 35.4 Å². The normalized spacial score (nSPS) is 13.3. The minimum absolute atomic E-state index is 0.104. The molecule has 0 saturated carbocycles. The number of nitrogens with zero attached hydrogens (tertiary/aromatic N) is 1. The van der Waals surface area contributed by atoms with Crippen LogP contribution in [0.15, 0.2) is 36.4 Å². The fourth-order valence-electron chi connectivity index (χ4n) is 2.41. The number of rotatable bonds is 1. The Morgan fingerprint density at radius 1 is 1.15 bits per heavy atom. The second kappa shape index (κ2) is 4.52. The van der Waals surface area contributed by atoms with Gasteiger partial charge in [0.2, 0.25) is 0 Å². The molecule has 1 aliphatic heterocycles. The molecule has 20 heavy (non-hydrogen) atoms. The highest BCUT2D eigenvalue weighted by Gasteiger charge is 2.26. The van der Waals surface area contributed by atoms with Gasteiger partial charge in [-0.15, -0.1) is 0 Å². The Hall–Kier alpha value is -2.56. The lowest BCUT2D eigenvalue weighted by molar-refractivity contribution is 0.0748. The van der Waals surface area contributed by atoms with E-state index in [9.17, 15) is 14.3 Å². The number of nitrogen functional groups attached to an aromatic ring is 1. The van der Waals surface area contributed by atoms with E-state index in [1.54, 1.807) is 11.0 Å². The molecule has 0 saturated heterocycles. The van der Waals surface area contributed by atoms with Gasteiger partial charge in [-0.3, -0.25) is 4.79 Å². The molecule has 102 valence electrons. The number of nitrogens with two attached hydrogens (primary N) is 1. The number of phenolic OH excluding ortho intramolecular Hbond substituents is 1. The summed E-state index contributed by atoms with van der Waals surface area (Å²) in [5, 5.41) is 9.68. The van der Waals surface area contributed by atoms with E-state index in [-0.39, 0.29) is 17.2 Å². The van der Waals surface area contributed by atoms with Gasteiger partial charge in [-0.2, -0.15) is 0 Å². The van der Waals surface area contributed by atoms with Crippen LogP contribution < -0.4 is 5.73 Å². The average molecular weight is 272 g/mol. The molecule has 0 aliphatic carbocycles. The quantitative estimate of drug-likeness (QED) is 0.783. The fourth-order valence-corrected chi connectivity index (χ4v) is 2.41. The first-order valence-electron chi connectivity index (χ1n) is 6.19. The first-order chi connectivity index (χ1) is 9.54. The second-order valence-corrected chi connectivity index (χ2v) is 4.85. The maximum Gasteiger partial charge on any atom is 0.258 e. The molecule has 3 N–H and O–H groups in total. The highest BCUT2D eigenvalue weighted by atomic mass is 19.1. The van der Waals surface area contributed by atoms with E-state index in [0.717, 1.165) is 23.3 Å². The third kappa shape index (κ3) is 2.07. The molecule has 0 bridgehead atoms. The number of fused-ring (bicyclic) bond motifs is 1. The van der Waals surface area contributed by atoms with Crippen LogP contribution in [0.1, 0.15) is 21.5 Å². The third-order valence-electron chi connectivity index (χ3n) is 3.43. The van der Waals surface area contributed by atoms with Crippen LogP contribution in [0.5, 0.6) is 5.75 Å². The van der Waals surface area contributed by atoms with Crippen LogP contribution in [0.3, 0.4) is 0 Å². The van der Waals surface area contributed by atoms with Crippen molar-refractivity contribution in [2.45, 2.75) is 13.1 Å². The van der Waals surface area contributed by atoms with Crippen LogP contribution in [-0.2, 0) is 13.1 Å². The van der Waals surface area contributed by atoms with Crippen LogP contribution in [0.4, 0.5) is 10.1 Å². The molecule has 2 aromatic carbocycles. The van der Waals surface area contributed by atoms with E-state index in [2.05, 4.69) is 0 Å². The Balaban J connectivity index is 1.87. The average Bonchev–Trinajstić information content (AvgIpc) is 2.81. The van der Waals surface area contributed by atoms with E-state index in [1.807, 2.05) is 12.1 Å². The molecule has 0 radical (unpaired) electrons. The molecule has 3 rings (SSSR count). The van der Waals surface area contributed by atoms with Gasteiger partial charge in [0, 0.05) is 24.8 Å². The second-order valence-electron chi connectivity index (χ2n) is 4.85. The van der Waals surface area contributed by atoms with E-state index in [0.29, 0.717) is 18.8 Å². The number of carbonyl (C=O) groups excluding carboxylic acids is 1. The Labute approximate surface area is 115 Å². The largest absolute Gasteiger partial charge is 0.507 e. The van der Waals surface area contributed by atoms with Crippen LogP contribution in [-0.4, -0.2) is 15.9 Å². The lowest BCUT2D eigenvalue weighted by Gasteiger charge is -2.16.